The predicted octanol–water partition coefficient (Wildman–Crippen LogP) is 1.67. The summed E-state index contributed by atoms with van der Waals surface area (Å²) in [6, 6.07) is 3.59. The van der Waals surface area contributed by atoms with Crippen molar-refractivity contribution >= 4 is 33.2 Å². The molecule has 0 aliphatic rings. The average Bonchev–Trinajstić information content (AvgIpc) is 2.37. The van der Waals surface area contributed by atoms with Crippen molar-refractivity contribution in [2.45, 2.75) is 17.9 Å². The Morgan fingerprint density at radius 2 is 2.10 bits per heavy atom. The molecular weight excluding hydrogens is 302 g/mol. The van der Waals surface area contributed by atoms with Crippen LogP contribution in [0.3, 0.4) is 0 Å². The minimum Gasteiger partial charge on any atom is -0.388 e. The third-order valence-electron chi connectivity index (χ3n) is 2.51. The zero-order valence-corrected chi connectivity index (χ0v) is 13.0. The molecule has 2 N–H and O–H groups in total. The first kappa shape index (κ1) is 16.7. The molecule has 1 atom stereocenters. The van der Waals surface area contributed by atoms with Crippen LogP contribution in [0.2, 0.25) is 0 Å². The molecule has 1 unspecified atom stereocenters. The van der Waals surface area contributed by atoms with Crippen molar-refractivity contribution in [3.05, 3.63) is 28.3 Å². The molecule has 1 aromatic carbocycles. The van der Waals surface area contributed by atoms with Crippen LogP contribution in [-0.2, 0) is 10.0 Å². The van der Waals surface area contributed by atoms with Crippen molar-refractivity contribution in [2.75, 3.05) is 24.4 Å². The standard InChI is InChI=1S/C11H17N3O4S2/c1-8(7-19-3)13-20(17,18)11-6-9(12-2)4-5-10(11)14(15)16/h4-6,8,12-13H,7H2,1-3H3. The van der Waals surface area contributed by atoms with Gasteiger partial charge in [0.15, 0.2) is 4.90 Å². The van der Waals surface area contributed by atoms with E-state index >= 15 is 0 Å². The van der Waals surface area contributed by atoms with Crippen LogP contribution in [0.15, 0.2) is 23.1 Å². The second kappa shape index (κ2) is 6.91. The fraction of sp³-hybridized carbons (Fsp3) is 0.455. The predicted molar refractivity (Wildman–Crippen MR) is 80.8 cm³/mol. The number of thioether (sulfide) groups is 1. The minimum atomic E-state index is -3.93. The van der Waals surface area contributed by atoms with E-state index in [1.807, 2.05) is 6.26 Å². The largest absolute Gasteiger partial charge is 0.388 e. The number of hydrogen-bond donors (Lipinski definition) is 2. The Labute approximate surface area is 122 Å². The summed E-state index contributed by atoms with van der Waals surface area (Å²) in [6.45, 7) is 1.71. The number of benzene rings is 1. The number of nitrogens with one attached hydrogen (secondary N) is 2. The van der Waals surface area contributed by atoms with Crippen LogP contribution >= 0.6 is 11.8 Å². The van der Waals surface area contributed by atoms with Gasteiger partial charge in [0, 0.05) is 30.6 Å². The van der Waals surface area contributed by atoms with E-state index in [0.717, 1.165) is 0 Å². The topological polar surface area (TPSA) is 101 Å². The number of nitrogens with zero attached hydrogens (tertiary/aromatic N) is 1. The lowest BCUT2D eigenvalue weighted by atomic mass is 10.3. The Bertz CT molecular complexity index is 589. The summed E-state index contributed by atoms with van der Waals surface area (Å²) in [6.07, 6.45) is 1.86. The minimum absolute atomic E-state index is 0.312. The zero-order chi connectivity index (χ0) is 15.3. The summed E-state index contributed by atoms with van der Waals surface area (Å²) < 4.78 is 27.0. The Hall–Kier alpha value is -1.32. The SMILES string of the molecule is CNc1ccc([N+](=O)[O-])c(S(=O)(=O)NC(C)CSC)c1. The Morgan fingerprint density at radius 3 is 2.60 bits per heavy atom. The molecule has 0 aromatic heterocycles. The van der Waals surface area contributed by atoms with Crippen LogP contribution in [0.1, 0.15) is 6.92 Å². The highest BCUT2D eigenvalue weighted by molar-refractivity contribution is 7.98. The summed E-state index contributed by atoms with van der Waals surface area (Å²) in [5, 5.41) is 13.7. The van der Waals surface area contributed by atoms with Gasteiger partial charge in [-0.1, -0.05) is 0 Å². The lowest BCUT2D eigenvalue weighted by Crippen LogP contribution is -2.34. The molecule has 0 bridgehead atoms. The van der Waals surface area contributed by atoms with Gasteiger partial charge < -0.3 is 5.32 Å². The lowest BCUT2D eigenvalue weighted by molar-refractivity contribution is -0.387. The molecule has 0 heterocycles. The molecule has 9 heteroatoms. The van der Waals surface area contributed by atoms with Crippen molar-refractivity contribution in [1.29, 1.82) is 0 Å². The summed E-state index contributed by atoms with van der Waals surface area (Å²) in [7, 11) is -2.32. The molecule has 0 saturated carbocycles. The van der Waals surface area contributed by atoms with Crippen LogP contribution in [0, 0.1) is 10.1 Å². The Kier molecular flexibility index (Phi) is 5.78. The fourth-order valence-corrected chi connectivity index (χ4v) is 3.78. The Balaban J connectivity index is 3.24. The molecule has 0 amide bonds. The van der Waals surface area contributed by atoms with Crippen LogP contribution in [0.4, 0.5) is 11.4 Å². The van der Waals surface area contributed by atoms with Gasteiger partial charge in [0.1, 0.15) is 0 Å². The highest BCUT2D eigenvalue weighted by atomic mass is 32.2. The first-order valence-corrected chi connectivity index (χ1v) is 8.67. The fourth-order valence-electron chi connectivity index (χ4n) is 1.65. The molecule has 0 fully saturated rings. The van der Waals surface area contributed by atoms with Gasteiger partial charge in [0.25, 0.3) is 5.69 Å². The van der Waals surface area contributed by atoms with Gasteiger partial charge in [-0.15, -0.1) is 0 Å². The Morgan fingerprint density at radius 1 is 1.45 bits per heavy atom. The molecule has 20 heavy (non-hydrogen) atoms. The highest BCUT2D eigenvalue weighted by Crippen LogP contribution is 2.27. The lowest BCUT2D eigenvalue weighted by Gasteiger charge is -2.13. The van der Waals surface area contributed by atoms with Crippen LogP contribution < -0.4 is 10.0 Å². The first-order chi connectivity index (χ1) is 9.31. The van der Waals surface area contributed by atoms with Gasteiger partial charge in [0.05, 0.1) is 4.92 Å². The number of rotatable bonds is 7. The number of nitro benzene ring substituents is 1. The summed E-state index contributed by atoms with van der Waals surface area (Å²) in [5.74, 6) is 0.582. The van der Waals surface area contributed by atoms with Crippen molar-refractivity contribution in [3.63, 3.8) is 0 Å². The van der Waals surface area contributed by atoms with Gasteiger partial charge in [-0.05, 0) is 25.3 Å². The summed E-state index contributed by atoms with van der Waals surface area (Å²) in [4.78, 5) is 9.94. The number of hydrogen-bond acceptors (Lipinski definition) is 6. The van der Waals surface area contributed by atoms with Crippen LogP contribution in [0.5, 0.6) is 0 Å². The maximum atomic E-state index is 12.3. The monoisotopic (exact) mass is 319 g/mol. The second-order valence-electron chi connectivity index (χ2n) is 4.17. The van der Waals surface area contributed by atoms with Gasteiger partial charge >= 0.3 is 0 Å². The van der Waals surface area contributed by atoms with Gasteiger partial charge in [-0.25, -0.2) is 13.1 Å². The van der Waals surface area contributed by atoms with Crippen molar-refractivity contribution < 1.29 is 13.3 Å². The van der Waals surface area contributed by atoms with E-state index in [-0.39, 0.29) is 10.9 Å². The van der Waals surface area contributed by atoms with Gasteiger partial charge in [-0.2, -0.15) is 11.8 Å². The number of sulfonamides is 1. The van der Waals surface area contributed by atoms with Crippen molar-refractivity contribution in [3.8, 4) is 0 Å². The summed E-state index contributed by atoms with van der Waals surface area (Å²) >= 11 is 1.49. The summed E-state index contributed by atoms with van der Waals surface area (Å²) in [5.41, 5.74) is 0.0568. The van der Waals surface area contributed by atoms with Crippen LogP contribution in [0.25, 0.3) is 0 Å². The number of nitro groups is 1. The molecule has 0 aliphatic carbocycles. The molecule has 0 spiro atoms. The smallest absolute Gasteiger partial charge is 0.289 e. The third-order valence-corrected chi connectivity index (χ3v) is 4.96. The van der Waals surface area contributed by atoms with E-state index in [2.05, 4.69) is 10.0 Å². The maximum absolute atomic E-state index is 12.3. The first-order valence-electron chi connectivity index (χ1n) is 5.79. The third kappa shape index (κ3) is 4.09. The van der Waals surface area contributed by atoms with E-state index < -0.39 is 20.6 Å². The van der Waals surface area contributed by atoms with E-state index in [0.29, 0.717) is 11.4 Å². The number of anilines is 1. The second-order valence-corrected chi connectivity index (χ2v) is 6.76. The molecule has 112 valence electrons. The van der Waals surface area contributed by atoms with E-state index in [1.165, 1.54) is 30.0 Å². The molecule has 1 aromatic rings. The van der Waals surface area contributed by atoms with E-state index in [1.54, 1.807) is 14.0 Å². The van der Waals surface area contributed by atoms with Crippen molar-refractivity contribution in [1.82, 2.24) is 4.72 Å². The molecule has 1 rings (SSSR count). The highest BCUT2D eigenvalue weighted by Gasteiger charge is 2.27. The van der Waals surface area contributed by atoms with E-state index in [4.69, 9.17) is 0 Å². The van der Waals surface area contributed by atoms with Gasteiger partial charge in [0.2, 0.25) is 10.0 Å². The quantitative estimate of drug-likeness (QED) is 0.585. The molecule has 0 saturated heterocycles. The van der Waals surface area contributed by atoms with E-state index in [9.17, 15) is 18.5 Å². The molecule has 0 aliphatic heterocycles. The normalized spacial score (nSPS) is 12.9. The average molecular weight is 319 g/mol. The zero-order valence-electron chi connectivity index (χ0n) is 11.4. The molecule has 7 nitrogen and oxygen atoms in total. The maximum Gasteiger partial charge on any atom is 0.289 e. The molecular formula is C11H17N3O4S2. The van der Waals surface area contributed by atoms with Crippen LogP contribution in [-0.4, -0.2) is 38.4 Å². The van der Waals surface area contributed by atoms with Gasteiger partial charge in [-0.3, -0.25) is 10.1 Å². The molecule has 0 radical (unpaired) electrons. The van der Waals surface area contributed by atoms with Crippen molar-refractivity contribution in [2.24, 2.45) is 0 Å².